The van der Waals surface area contributed by atoms with E-state index in [-0.39, 0.29) is 44.1 Å². The maximum atomic E-state index is 13.6. The highest BCUT2D eigenvalue weighted by molar-refractivity contribution is 5.96. The summed E-state index contributed by atoms with van der Waals surface area (Å²) in [5, 5.41) is 38.4. The van der Waals surface area contributed by atoms with Crippen LogP contribution < -0.4 is 44.2 Å². The van der Waals surface area contributed by atoms with Gasteiger partial charge < -0.3 is 59.5 Å². The molecule has 0 unspecified atom stereocenters. The molecule has 18 nitrogen and oxygen atoms in total. The van der Waals surface area contributed by atoms with Gasteiger partial charge in [-0.2, -0.15) is 0 Å². The highest BCUT2D eigenvalue weighted by Gasteiger charge is 2.33. The van der Waals surface area contributed by atoms with E-state index in [1.165, 1.54) is 24.3 Å². The van der Waals surface area contributed by atoms with Crippen LogP contribution in [0.2, 0.25) is 0 Å². The van der Waals surface area contributed by atoms with Crippen molar-refractivity contribution in [3.63, 3.8) is 0 Å². The second-order valence-corrected chi connectivity index (χ2v) is 11.6. The van der Waals surface area contributed by atoms with Crippen LogP contribution in [0.15, 0.2) is 29.3 Å². The Hall–Kier alpha value is -4.97. The number of unbranched alkanes of at least 4 members (excludes halogenated alkanes) is 1. The van der Waals surface area contributed by atoms with Crippen LogP contribution in [-0.4, -0.2) is 100 Å². The van der Waals surface area contributed by atoms with Crippen LogP contribution in [-0.2, 0) is 35.2 Å². The molecule has 0 saturated carbocycles. The zero-order valence-corrected chi connectivity index (χ0v) is 27.2. The number of nitrogens with one attached hydrogen (secondary N) is 4. The minimum atomic E-state index is -1.61. The minimum absolute atomic E-state index is 0.0319. The number of benzene rings is 1. The molecule has 4 amide bonds. The van der Waals surface area contributed by atoms with Crippen LogP contribution in [0.25, 0.3) is 0 Å². The maximum absolute atomic E-state index is 13.6. The van der Waals surface area contributed by atoms with Crippen LogP contribution >= 0.6 is 0 Å². The van der Waals surface area contributed by atoms with Crippen molar-refractivity contribution >= 4 is 41.5 Å². The fourth-order valence-electron chi connectivity index (χ4n) is 4.46. The second kappa shape index (κ2) is 21.0. The monoisotopic (exact) mass is 679 g/mol. The van der Waals surface area contributed by atoms with E-state index >= 15 is 0 Å². The first kappa shape index (κ1) is 41.1. The molecule has 0 aliphatic rings. The minimum Gasteiger partial charge on any atom is -0.508 e. The smallest absolute Gasteiger partial charge is 0.326 e. The number of phenols is 1. The quantitative estimate of drug-likeness (QED) is 0.0346. The van der Waals surface area contributed by atoms with Gasteiger partial charge in [0.25, 0.3) is 0 Å². The van der Waals surface area contributed by atoms with Gasteiger partial charge in [0, 0.05) is 13.0 Å². The van der Waals surface area contributed by atoms with Crippen LogP contribution in [0.1, 0.15) is 57.9 Å². The number of carbonyl (C=O) groups excluding carboxylic acids is 4. The summed E-state index contributed by atoms with van der Waals surface area (Å²) >= 11 is 0. The number of nitrogens with two attached hydrogens (primary N) is 4. The molecular weight excluding hydrogens is 630 g/mol. The summed E-state index contributed by atoms with van der Waals surface area (Å²) in [5.41, 5.74) is 22.6. The highest BCUT2D eigenvalue weighted by Crippen LogP contribution is 2.13. The molecule has 48 heavy (non-hydrogen) atoms. The van der Waals surface area contributed by atoms with E-state index in [2.05, 4.69) is 26.3 Å². The van der Waals surface area contributed by atoms with Gasteiger partial charge in [0.2, 0.25) is 23.6 Å². The van der Waals surface area contributed by atoms with Crippen molar-refractivity contribution in [3.05, 3.63) is 29.8 Å². The largest absolute Gasteiger partial charge is 0.508 e. The van der Waals surface area contributed by atoms with Gasteiger partial charge in [-0.3, -0.25) is 29.0 Å². The standard InChI is InChI=1S/C30H49N9O9/c1-16(2)24(29(47)48)39-28(46)21(14-17-8-10-18(40)11-9-17)38-26(44)20(7-3-4-12-31)36-27(45)22(15-23(41)42)37-25(43)19(32)6-5-13-35-30(33)34/h8-11,16,19-22,24,40H,3-7,12-15,31-32H2,1-2H3,(H,36,45)(H,37,43)(H,38,44)(H,39,46)(H,41,42)(H,47,48)(H4,33,34,35)/t19-,20-,21-,22-,24-/m0/s1. The number of aliphatic imine (C=N–C) groups is 1. The van der Waals surface area contributed by atoms with Gasteiger partial charge in [-0.15, -0.1) is 0 Å². The van der Waals surface area contributed by atoms with E-state index in [9.17, 15) is 44.1 Å². The molecule has 15 N–H and O–H groups in total. The average Bonchev–Trinajstić information content (AvgIpc) is 3.00. The van der Waals surface area contributed by atoms with Gasteiger partial charge in [0.15, 0.2) is 5.96 Å². The van der Waals surface area contributed by atoms with Crippen LogP contribution in [0.4, 0.5) is 0 Å². The van der Waals surface area contributed by atoms with Crippen molar-refractivity contribution in [2.45, 2.75) is 89.0 Å². The Labute approximate surface area is 278 Å². The van der Waals surface area contributed by atoms with Crippen molar-refractivity contribution in [3.8, 4) is 5.75 Å². The molecule has 0 bridgehead atoms. The van der Waals surface area contributed by atoms with Crippen LogP contribution in [0.3, 0.4) is 0 Å². The fraction of sp³-hybridized carbons (Fsp3) is 0.567. The molecule has 0 aliphatic heterocycles. The van der Waals surface area contributed by atoms with Gasteiger partial charge in [0.1, 0.15) is 29.9 Å². The zero-order valence-electron chi connectivity index (χ0n) is 27.2. The maximum Gasteiger partial charge on any atom is 0.326 e. The molecule has 1 aromatic rings. The third kappa shape index (κ3) is 15.5. The number of nitrogens with zero attached hydrogens (tertiary/aromatic N) is 1. The number of aliphatic carboxylic acids is 2. The van der Waals surface area contributed by atoms with Gasteiger partial charge in [0.05, 0.1) is 12.5 Å². The van der Waals surface area contributed by atoms with E-state index in [0.29, 0.717) is 24.8 Å². The van der Waals surface area contributed by atoms with Crippen molar-refractivity contribution in [1.82, 2.24) is 21.3 Å². The average molecular weight is 680 g/mol. The number of carbonyl (C=O) groups is 6. The normalized spacial score (nSPS) is 14.0. The summed E-state index contributed by atoms with van der Waals surface area (Å²) in [7, 11) is 0. The Morgan fingerprint density at radius 2 is 1.33 bits per heavy atom. The molecular formula is C30H49N9O9. The number of carboxylic acids is 2. The SMILES string of the molecule is CC(C)[C@H](NC(=O)[C@H](Cc1ccc(O)cc1)NC(=O)[C@H](CCCCN)NC(=O)[C@H](CC(=O)O)NC(=O)[C@@H](N)CCCN=C(N)N)C(=O)O. The Bertz CT molecular complexity index is 1270. The van der Waals surface area contributed by atoms with Gasteiger partial charge in [-0.1, -0.05) is 26.0 Å². The molecule has 0 fully saturated rings. The molecule has 0 radical (unpaired) electrons. The van der Waals surface area contributed by atoms with E-state index in [1.807, 2.05) is 0 Å². The van der Waals surface area contributed by atoms with Crippen molar-refractivity contribution < 1.29 is 44.1 Å². The van der Waals surface area contributed by atoms with E-state index < -0.39 is 78.1 Å². The first-order valence-electron chi connectivity index (χ1n) is 15.5. The Balaban J connectivity index is 3.23. The second-order valence-electron chi connectivity index (χ2n) is 11.6. The van der Waals surface area contributed by atoms with Crippen molar-refractivity contribution in [2.24, 2.45) is 33.8 Å². The number of amides is 4. The lowest BCUT2D eigenvalue weighted by molar-refractivity contribution is -0.143. The third-order valence-corrected chi connectivity index (χ3v) is 7.14. The number of phenolic OH excluding ortho intramolecular Hbond substituents is 1. The summed E-state index contributed by atoms with van der Waals surface area (Å²) in [6.07, 6.45) is 0.374. The summed E-state index contributed by atoms with van der Waals surface area (Å²) in [6.45, 7) is 3.67. The number of hydrogen-bond acceptors (Lipinski definition) is 10. The molecule has 0 aliphatic carbocycles. The van der Waals surface area contributed by atoms with E-state index in [1.54, 1.807) is 13.8 Å². The van der Waals surface area contributed by atoms with Gasteiger partial charge >= 0.3 is 11.9 Å². The summed E-state index contributed by atoms with van der Waals surface area (Å²) < 4.78 is 0. The number of guanidine groups is 1. The lowest BCUT2D eigenvalue weighted by Gasteiger charge is -2.27. The number of hydrogen-bond donors (Lipinski definition) is 11. The predicted molar refractivity (Wildman–Crippen MR) is 175 cm³/mol. The van der Waals surface area contributed by atoms with E-state index in [0.717, 1.165) is 0 Å². The summed E-state index contributed by atoms with van der Waals surface area (Å²) in [5.74, 6) is -6.79. The van der Waals surface area contributed by atoms with Crippen LogP contribution in [0.5, 0.6) is 5.75 Å². The molecule has 0 spiro atoms. The molecule has 18 heteroatoms. The Morgan fingerprint density at radius 1 is 0.771 bits per heavy atom. The Kier molecular flexibility index (Phi) is 18.0. The zero-order chi connectivity index (χ0) is 36.4. The number of carboxylic acid groups (broad SMARTS) is 2. The van der Waals surface area contributed by atoms with E-state index in [4.69, 9.17) is 22.9 Å². The number of rotatable bonds is 22. The molecule has 1 aromatic carbocycles. The lowest BCUT2D eigenvalue weighted by atomic mass is 10.0. The number of aromatic hydroxyl groups is 1. The fourth-order valence-corrected chi connectivity index (χ4v) is 4.46. The van der Waals surface area contributed by atoms with Crippen molar-refractivity contribution in [1.29, 1.82) is 0 Å². The topological polar surface area (TPSA) is 328 Å². The predicted octanol–water partition coefficient (Wildman–Crippen LogP) is -2.40. The summed E-state index contributed by atoms with van der Waals surface area (Å²) in [4.78, 5) is 80.1. The third-order valence-electron chi connectivity index (χ3n) is 7.14. The molecule has 0 heterocycles. The summed E-state index contributed by atoms with van der Waals surface area (Å²) in [6, 6.07) is -0.826. The first-order valence-corrected chi connectivity index (χ1v) is 15.5. The molecule has 1 rings (SSSR count). The lowest BCUT2D eigenvalue weighted by Crippen LogP contribution is -2.59. The Morgan fingerprint density at radius 3 is 1.88 bits per heavy atom. The highest BCUT2D eigenvalue weighted by atomic mass is 16.4. The molecule has 0 aromatic heterocycles. The van der Waals surface area contributed by atoms with Crippen molar-refractivity contribution in [2.75, 3.05) is 13.1 Å². The molecule has 268 valence electrons. The van der Waals surface area contributed by atoms with Gasteiger partial charge in [-0.25, -0.2) is 4.79 Å². The molecule has 0 saturated heterocycles. The molecule has 5 atom stereocenters. The van der Waals surface area contributed by atoms with Gasteiger partial charge in [-0.05, 0) is 62.3 Å². The first-order chi connectivity index (χ1) is 22.5. The van der Waals surface area contributed by atoms with Crippen LogP contribution in [0, 0.1) is 5.92 Å².